The van der Waals surface area contributed by atoms with Gasteiger partial charge in [-0.3, -0.25) is 4.79 Å². The largest absolute Gasteiger partial charge is 0.292 e. The maximum Gasteiger partial charge on any atom is 0.188 e. The first-order chi connectivity index (χ1) is 8.65. The van der Waals surface area contributed by atoms with Gasteiger partial charge in [0.2, 0.25) is 0 Å². The SMILES string of the molecule is N#CC(C(=O)c1cccc(Cl)c1F)c1cccs1. The first-order valence-electron chi connectivity index (χ1n) is 5.06. The third-order valence-corrected chi connectivity index (χ3v) is 3.67. The summed E-state index contributed by atoms with van der Waals surface area (Å²) in [6.07, 6.45) is 0. The maximum atomic E-state index is 13.7. The zero-order chi connectivity index (χ0) is 13.1. The molecule has 0 bridgehead atoms. The second kappa shape index (κ2) is 5.30. The molecule has 0 radical (unpaired) electrons. The van der Waals surface area contributed by atoms with Gasteiger partial charge in [-0.15, -0.1) is 11.3 Å². The molecule has 0 N–H and O–H groups in total. The number of hydrogen-bond acceptors (Lipinski definition) is 3. The van der Waals surface area contributed by atoms with Crippen LogP contribution < -0.4 is 0 Å². The molecule has 0 aliphatic carbocycles. The van der Waals surface area contributed by atoms with E-state index in [1.807, 2.05) is 6.07 Å². The molecule has 0 fully saturated rings. The first-order valence-corrected chi connectivity index (χ1v) is 6.32. The second-order valence-corrected chi connectivity index (χ2v) is 4.93. The normalized spacial score (nSPS) is 11.8. The molecule has 90 valence electrons. The highest BCUT2D eigenvalue weighted by Crippen LogP contribution is 2.27. The minimum Gasteiger partial charge on any atom is -0.292 e. The van der Waals surface area contributed by atoms with E-state index >= 15 is 0 Å². The fraction of sp³-hybridized carbons (Fsp3) is 0.0769. The van der Waals surface area contributed by atoms with Gasteiger partial charge in [0.05, 0.1) is 16.7 Å². The van der Waals surface area contributed by atoms with Crippen molar-refractivity contribution in [3.05, 3.63) is 57.0 Å². The van der Waals surface area contributed by atoms with Crippen molar-refractivity contribution in [1.29, 1.82) is 5.26 Å². The lowest BCUT2D eigenvalue weighted by molar-refractivity contribution is 0.0976. The van der Waals surface area contributed by atoms with Crippen LogP contribution in [-0.2, 0) is 0 Å². The number of hydrogen-bond donors (Lipinski definition) is 0. The first kappa shape index (κ1) is 12.7. The molecule has 0 aliphatic heterocycles. The molecule has 2 rings (SSSR count). The highest BCUT2D eigenvalue weighted by atomic mass is 35.5. The van der Waals surface area contributed by atoms with Gasteiger partial charge in [-0.25, -0.2) is 4.39 Å². The maximum absolute atomic E-state index is 13.7. The van der Waals surface area contributed by atoms with Crippen LogP contribution in [0, 0.1) is 17.1 Å². The average molecular weight is 280 g/mol. The van der Waals surface area contributed by atoms with E-state index in [2.05, 4.69) is 0 Å². The van der Waals surface area contributed by atoms with Crippen LogP contribution in [0.3, 0.4) is 0 Å². The molecule has 1 aromatic carbocycles. The van der Waals surface area contributed by atoms with Crippen molar-refractivity contribution in [2.24, 2.45) is 0 Å². The minimum atomic E-state index is -0.988. The Morgan fingerprint density at radius 3 is 2.78 bits per heavy atom. The highest BCUT2D eigenvalue weighted by Gasteiger charge is 2.25. The van der Waals surface area contributed by atoms with Crippen LogP contribution in [0.5, 0.6) is 0 Å². The van der Waals surface area contributed by atoms with Crippen molar-refractivity contribution >= 4 is 28.7 Å². The van der Waals surface area contributed by atoms with Crippen molar-refractivity contribution in [3.63, 3.8) is 0 Å². The quantitative estimate of drug-likeness (QED) is 0.796. The van der Waals surface area contributed by atoms with Gasteiger partial charge in [-0.05, 0) is 23.6 Å². The van der Waals surface area contributed by atoms with E-state index < -0.39 is 17.5 Å². The molecule has 0 aliphatic rings. The molecule has 0 spiro atoms. The van der Waals surface area contributed by atoms with E-state index in [0.717, 1.165) is 0 Å². The third-order valence-electron chi connectivity index (χ3n) is 2.44. The fourth-order valence-corrected chi connectivity index (χ4v) is 2.50. The number of ketones is 1. The standard InChI is InChI=1S/C13H7ClFNOS/c14-10-4-1-3-8(12(10)15)13(17)9(7-16)11-5-2-6-18-11/h1-6,9H. The van der Waals surface area contributed by atoms with Gasteiger partial charge in [0.15, 0.2) is 11.6 Å². The Labute approximate surface area is 112 Å². The van der Waals surface area contributed by atoms with Gasteiger partial charge in [-0.1, -0.05) is 23.7 Å². The van der Waals surface area contributed by atoms with Gasteiger partial charge in [0.25, 0.3) is 0 Å². The highest BCUT2D eigenvalue weighted by molar-refractivity contribution is 7.10. The van der Waals surface area contributed by atoms with Crippen LogP contribution in [0.2, 0.25) is 5.02 Å². The summed E-state index contributed by atoms with van der Waals surface area (Å²) in [5, 5.41) is 10.7. The van der Waals surface area contributed by atoms with E-state index in [4.69, 9.17) is 16.9 Å². The number of carbonyl (C=O) groups excluding carboxylic acids is 1. The molecule has 1 unspecified atom stereocenters. The molecule has 1 heterocycles. The number of rotatable bonds is 3. The Bertz CT molecular complexity index is 618. The Morgan fingerprint density at radius 1 is 1.39 bits per heavy atom. The van der Waals surface area contributed by atoms with Gasteiger partial charge in [0.1, 0.15) is 5.92 Å². The molecule has 2 aromatic rings. The second-order valence-electron chi connectivity index (χ2n) is 3.54. The third kappa shape index (κ3) is 2.28. The predicted molar refractivity (Wildman–Crippen MR) is 68.4 cm³/mol. The molecule has 0 amide bonds. The van der Waals surface area contributed by atoms with E-state index in [1.165, 1.54) is 29.5 Å². The van der Waals surface area contributed by atoms with Crippen molar-refractivity contribution in [1.82, 2.24) is 0 Å². The van der Waals surface area contributed by atoms with Crippen LogP contribution in [0.4, 0.5) is 4.39 Å². The van der Waals surface area contributed by atoms with Crippen molar-refractivity contribution in [3.8, 4) is 6.07 Å². The molecular weight excluding hydrogens is 273 g/mol. The Balaban J connectivity index is 2.42. The van der Waals surface area contributed by atoms with E-state index in [9.17, 15) is 9.18 Å². The number of halogens is 2. The van der Waals surface area contributed by atoms with Crippen LogP contribution in [0.25, 0.3) is 0 Å². The zero-order valence-electron chi connectivity index (χ0n) is 9.06. The number of nitrogens with zero attached hydrogens (tertiary/aromatic N) is 1. The van der Waals surface area contributed by atoms with Gasteiger partial charge < -0.3 is 0 Å². The fourth-order valence-electron chi connectivity index (χ4n) is 1.56. The average Bonchev–Trinajstić information content (AvgIpc) is 2.87. The Kier molecular flexibility index (Phi) is 3.75. The van der Waals surface area contributed by atoms with Crippen LogP contribution in [0.1, 0.15) is 21.2 Å². The number of carbonyl (C=O) groups is 1. The van der Waals surface area contributed by atoms with E-state index in [1.54, 1.807) is 17.5 Å². The van der Waals surface area contributed by atoms with E-state index in [0.29, 0.717) is 4.88 Å². The van der Waals surface area contributed by atoms with Crippen LogP contribution >= 0.6 is 22.9 Å². The van der Waals surface area contributed by atoms with Gasteiger partial charge in [0, 0.05) is 4.88 Å². The van der Waals surface area contributed by atoms with Crippen molar-refractivity contribution in [2.45, 2.75) is 5.92 Å². The molecule has 5 heteroatoms. The molecular formula is C13H7ClFNOS. The van der Waals surface area contributed by atoms with Crippen molar-refractivity contribution < 1.29 is 9.18 Å². The summed E-state index contributed by atoms with van der Waals surface area (Å²) < 4.78 is 13.7. The summed E-state index contributed by atoms with van der Waals surface area (Å²) >= 11 is 6.91. The number of nitriles is 1. The topological polar surface area (TPSA) is 40.9 Å². The summed E-state index contributed by atoms with van der Waals surface area (Å²) in [4.78, 5) is 12.7. The smallest absolute Gasteiger partial charge is 0.188 e. The molecule has 0 saturated heterocycles. The summed E-state index contributed by atoms with van der Waals surface area (Å²) in [7, 11) is 0. The lowest BCUT2D eigenvalue weighted by Crippen LogP contribution is -2.12. The van der Waals surface area contributed by atoms with Gasteiger partial charge in [-0.2, -0.15) is 5.26 Å². The number of thiophene rings is 1. The lowest BCUT2D eigenvalue weighted by atomic mass is 9.97. The summed E-state index contributed by atoms with van der Waals surface area (Å²) in [6, 6.07) is 9.51. The Morgan fingerprint density at radius 2 is 2.17 bits per heavy atom. The van der Waals surface area contributed by atoms with E-state index in [-0.39, 0.29) is 10.6 Å². The summed E-state index contributed by atoms with van der Waals surface area (Å²) in [6.45, 7) is 0. The molecule has 18 heavy (non-hydrogen) atoms. The molecule has 0 saturated carbocycles. The zero-order valence-corrected chi connectivity index (χ0v) is 10.6. The molecule has 1 aromatic heterocycles. The van der Waals surface area contributed by atoms with Crippen molar-refractivity contribution in [2.75, 3.05) is 0 Å². The summed E-state index contributed by atoms with van der Waals surface area (Å²) in [5.74, 6) is -2.33. The van der Waals surface area contributed by atoms with Crippen LogP contribution in [0.15, 0.2) is 35.7 Å². The van der Waals surface area contributed by atoms with Gasteiger partial charge >= 0.3 is 0 Å². The Hall–Kier alpha value is -1.70. The molecule has 2 nitrogen and oxygen atoms in total. The number of benzene rings is 1. The predicted octanol–water partition coefficient (Wildman–Crippen LogP) is 4.03. The monoisotopic (exact) mass is 279 g/mol. The summed E-state index contributed by atoms with van der Waals surface area (Å²) in [5.41, 5.74) is -0.151. The molecule has 1 atom stereocenters. The minimum absolute atomic E-state index is 0.122. The lowest BCUT2D eigenvalue weighted by Gasteiger charge is -2.07. The van der Waals surface area contributed by atoms with Crippen LogP contribution in [-0.4, -0.2) is 5.78 Å². The number of Topliss-reactive ketones (excluding diaryl/α,β-unsaturated/α-hetero) is 1.